The second-order valence-corrected chi connectivity index (χ2v) is 4.10. The lowest BCUT2D eigenvalue weighted by Gasteiger charge is -2.09. The molecule has 0 amide bonds. The topological polar surface area (TPSA) is 87.4 Å². The number of hydrogen-bond donors (Lipinski definition) is 1. The summed E-state index contributed by atoms with van der Waals surface area (Å²) in [5.41, 5.74) is 8.49. The third kappa shape index (κ3) is 2.30. The van der Waals surface area contributed by atoms with Crippen LogP contribution in [-0.4, -0.2) is 29.5 Å². The van der Waals surface area contributed by atoms with Crippen LogP contribution in [0.4, 0.5) is 5.69 Å². The van der Waals surface area contributed by atoms with E-state index < -0.39 is 0 Å². The number of nitrogen functional groups attached to an aromatic ring is 1. The fourth-order valence-electron chi connectivity index (χ4n) is 1.90. The standard InChI is InChI=1S/C12H13N7/c13-11-1-2-14-7-10(11)12-8-15-9-18(12)5-6-19-4-3-16-17-19/h1-4,7-9H,5-6H2,(H2,13,14). The van der Waals surface area contributed by atoms with Gasteiger partial charge in [-0.1, -0.05) is 5.21 Å². The van der Waals surface area contributed by atoms with E-state index >= 15 is 0 Å². The number of aryl methyl sites for hydroxylation is 2. The number of imidazole rings is 1. The van der Waals surface area contributed by atoms with Crippen LogP contribution in [0.25, 0.3) is 11.3 Å². The van der Waals surface area contributed by atoms with Crippen molar-refractivity contribution in [1.82, 2.24) is 29.5 Å². The Bertz CT molecular complexity index is 656. The van der Waals surface area contributed by atoms with Crippen LogP contribution in [0, 0.1) is 0 Å². The van der Waals surface area contributed by atoms with Gasteiger partial charge in [-0.05, 0) is 6.07 Å². The Labute approximate surface area is 109 Å². The number of nitrogens with two attached hydrogens (primary N) is 1. The minimum absolute atomic E-state index is 0.692. The molecule has 3 aromatic heterocycles. The minimum Gasteiger partial charge on any atom is -0.398 e. The fourth-order valence-corrected chi connectivity index (χ4v) is 1.90. The maximum absolute atomic E-state index is 5.96. The van der Waals surface area contributed by atoms with Crippen LogP contribution in [0.3, 0.4) is 0 Å². The lowest BCUT2D eigenvalue weighted by molar-refractivity contribution is 0.521. The van der Waals surface area contributed by atoms with Gasteiger partial charge in [0, 0.05) is 36.4 Å². The summed E-state index contributed by atoms with van der Waals surface area (Å²) in [5.74, 6) is 0. The van der Waals surface area contributed by atoms with Crippen molar-refractivity contribution < 1.29 is 0 Å². The predicted molar refractivity (Wildman–Crippen MR) is 69.9 cm³/mol. The highest BCUT2D eigenvalue weighted by Crippen LogP contribution is 2.23. The molecule has 0 atom stereocenters. The number of anilines is 1. The molecule has 7 nitrogen and oxygen atoms in total. The summed E-state index contributed by atoms with van der Waals surface area (Å²) in [7, 11) is 0. The summed E-state index contributed by atoms with van der Waals surface area (Å²) >= 11 is 0. The number of rotatable bonds is 4. The normalized spacial score (nSPS) is 10.7. The molecule has 0 aromatic carbocycles. The van der Waals surface area contributed by atoms with Gasteiger partial charge in [-0.25, -0.2) is 4.98 Å². The molecule has 0 aliphatic carbocycles. The lowest BCUT2D eigenvalue weighted by atomic mass is 10.2. The molecule has 96 valence electrons. The Balaban J connectivity index is 1.84. The van der Waals surface area contributed by atoms with Gasteiger partial charge in [-0.15, -0.1) is 5.10 Å². The van der Waals surface area contributed by atoms with E-state index in [0.717, 1.165) is 24.3 Å². The molecule has 0 saturated heterocycles. The van der Waals surface area contributed by atoms with Crippen molar-refractivity contribution in [3.05, 3.63) is 43.4 Å². The Kier molecular flexibility index (Phi) is 2.93. The molecule has 7 heteroatoms. The Morgan fingerprint density at radius 1 is 1.11 bits per heavy atom. The number of hydrogen-bond acceptors (Lipinski definition) is 5. The van der Waals surface area contributed by atoms with Crippen LogP contribution in [0.5, 0.6) is 0 Å². The molecule has 0 unspecified atom stereocenters. The largest absolute Gasteiger partial charge is 0.398 e. The molecule has 0 radical (unpaired) electrons. The third-order valence-electron chi connectivity index (χ3n) is 2.88. The quantitative estimate of drug-likeness (QED) is 0.745. The van der Waals surface area contributed by atoms with Crippen LogP contribution < -0.4 is 5.73 Å². The summed E-state index contributed by atoms with van der Waals surface area (Å²) in [6, 6.07) is 1.78. The first-order valence-electron chi connectivity index (χ1n) is 5.88. The second-order valence-electron chi connectivity index (χ2n) is 4.10. The molecular weight excluding hydrogens is 242 g/mol. The van der Waals surface area contributed by atoms with E-state index in [-0.39, 0.29) is 0 Å². The van der Waals surface area contributed by atoms with Crippen molar-refractivity contribution in [2.24, 2.45) is 0 Å². The Hall–Kier alpha value is -2.70. The number of nitrogens with zero attached hydrogens (tertiary/aromatic N) is 6. The van der Waals surface area contributed by atoms with Crippen molar-refractivity contribution in [2.75, 3.05) is 5.73 Å². The first-order valence-corrected chi connectivity index (χ1v) is 5.88. The van der Waals surface area contributed by atoms with Crippen molar-refractivity contribution >= 4 is 5.69 Å². The van der Waals surface area contributed by atoms with Gasteiger partial charge in [0.15, 0.2) is 0 Å². The zero-order chi connectivity index (χ0) is 13.1. The highest BCUT2D eigenvalue weighted by molar-refractivity contribution is 5.72. The number of pyridine rings is 1. The van der Waals surface area contributed by atoms with Crippen molar-refractivity contribution in [2.45, 2.75) is 13.1 Å². The van der Waals surface area contributed by atoms with Gasteiger partial charge in [-0.3, -0.25) is 9.67 Å². The molecule has 19 heavy (non-hydrogen) atoms. The summed E-state index contributed by atoms with van der Waals surface area (Å²) in [5, 5.41) is 7.71. The van der Waals surface area contributed by atoms with E-state index in [1.165, 1.54) is 0 Å². The monoisotopic (exact) mass is 255 g/mol. The van der Waals surface area contributed by atoms with E-state index in [2.05, 4.69) is 20.3 Å². The van der Waals surface area contributed by atoms with Gasteiger partial charge in [0.1, 0.15) is 0 Å². The molecule has 2 N–H and O–H groups in total. The smallest absolute Gasteiger partial charge is 0.0951 e. The highest BCUT2D eigenvalue weighted by atomic mass is 15.4. The predicted octanol–water partition coefficient (Wildman–Crippen LogP) is 0.819. The molecule has 0 fully saturated rings. The van der Waals surface area contributed by atoms with Crippen LogP contribution in [0.15, 0.2) is 43.4 Å². The van der Waals surface area contributed by atoms with Gasteiger partial charge in [0.25, 0.3) is 0 Å². The van der Waals surface area contributed by atoms with Crippen LogP contribution in [0.2, 0.25) is 0 Å². The first kappa shape index (κ1) is 11.4. The first-order chi connectivity index (χ1) is 9.34. The van der Waals surface area contributed by atoms with Crippen molar-refractivity contribution in [3.63, 3.8) is 0 Å². The van der Waals surface area contributed by atoms with E-state index in [0.29, 0.717) is 5.69 Å². The van der Waals surface area contributed by atoms with Crippen molar-refractivity contribution in [3.8, 4) is 11.3 Å². The molecule has 3 aromatic rings. The molecule has 3 rings (SSSR count). The van der Waals surface area contributed by atoms with E-state index in [1.54, 1.807) is 41.9 Å². The fraction of sp³-hybridized carbons (Fsp3) is 0.167. The zero-order valence-corrected chi connectivity index (χ0v) is 10.2. The maximum atomic E-state index is 5.96. The Morgan fingerprint density at radius 3 is 2.84 bits per heavy atom. The van der Waals surface area contributed by atoms with Gasteiger partial charge in [0.05, 0.1) is 31.0 Å². The summed E-state index contributed by atoms with van der Waals surface area (Å²) in [6.07, 6.45) is 10.5. The molecule has 0 spiro atoms. The molecule has 0 saturated carbocycles. The summed E-state index contributed by atoms with van der Waals surface area (Å²) in [6.45, 7) is 1.47. The summed E-state index contributed by atoms with van der Waals surface area (Å²) < 4.78 is 3.80. The minimum atomic E-state index is 0.692. The van der Waals surface area contributed by atoms with Crippen LogP contribution in [0.1, 0.15) is 0 Å². The Morgan fingerprint density at radius 2 is 2.05 bits per heavy atom. The van der Waals surface area contributed by atoms with Gasteiger partial charge in [-0.2, -0.15) is 0 Å². The van der Waals surface area contributed by atoms with E-state index in [4.69, 9.17) is 5.73 Å². The number of aromatic nitrogens is 6. The third-order valence-corrected chi connectivity index (χ3v) is 2.88. The zero-order valence-electron chi connectivity index (χ0n) is 10.2. The van der Waals surface area contributed by atoms with E-state index in [1.807, 2.05) is 10.8 Å². The SMILES string of the molecule is Nc1ccncc1-c1cncn1CCn1ccnn1. The average Bonchev–Trinajstić information content (AvgIpc) is 3.08. The van der Waals surface area contributed by atoms with Crippen molar-refractivity contribution in [1.29, 1.82) is 0 Å². The summed E-state index contributed by atoms with van der Waals surface area (Å²) in [4.78, 5) is 8.28. The molecular formula is C12H13N7. The molecule has 0 aliphatic heterocycles. The van der Waals surface area contributed by atoms with Gasteiger partial charge < -0.3 is 10.3 Å². The molecule has 3 heterocycles. The van der Waals surface area contributed by atoms with Crippen LogP contribution >= 0.6 is 0 Å². The van der Waals surface area contributed by atoms with Gasteiger partial charge >= 0.3 is 0 Å². The average molecular weight is 255 g/mol. The molecule has 0 bridgehead atoms. The van der Waals surface area contributed by atoms with Gasteiger partial charge in [0.2, 0.25) is 0 Å². The second kappa shape index (κ2) is 4.89. The van der Waals surface area contributed by atoms with E-state index in [9.17, 15) is 0 Å². The highest BCUT2D eigenvalue weighted by Gasteiger charge is 2.08. The lowest BCUT2D eigenvalue weighted by Crippen LogP contribution is -2.08. The maximum Gasteiger partial charge on any atom is 0.0951 e. The molecule has 0 aliphatic rings. The van der Waals surface area contributed by atoms with Crippen LogP contribution in [-0.2, 0) is 13.1 Å².